The van der Waals surface area contributed by atoms with Gasteiger partial charge in [-0.05, 0) is 30.2 Å². The quantitative estimate of drug-likeness (QED) is 0.503. The topological polar surface area (TPSA) is 41.1 Å². The first-order chi connectivity index (χ1) is 11.2. The fourth-order valence-electron chi connectivity index (χ4n) is 2.46. The number of hydrazine groups is 1. The molecule has 2 aromatic carbocycles. The molecule has 0 radical (unpaired) electrons. The number of amides is 1. The third-order valence-corrected chi connectivity index (χ3v) is 4.24. The number of unbranched alkanes of at least 4 members (excludes halogenated alkanes) is 2. The Kier molecular flexibility index (Phi) is 7.30. The number of carbonyl (C=O) groups excluding carboxylic acids is 1. The third kappa shape index (κ3) is 5.81. The summed E-state index contributed by atoms with van der Waals surface area (Å²) in [5.41, 5.74) is 7.86. The van der Waals surface area contributed by atoms with E-state index in [4.69, 9.17) is 0 Å². The number of benzene rings is 2. The number of carbonyl (C=O) groups is 1. The second-order valence-corrected chi connectivity index (χ2v) is 6.48. The van der Waals surface area contributed by atoms with Gasteiger partial charge in [-0.2, -0.15) is 0 Å². The van der Waals surface area contributed by atoms with Crippen molar-refractivity contribution in [1.82, 2.24) is 10.9 Å². The SMILES string of the molecule is CCCCC[C@@H](NNC(=O)c1cccc(Br)c1)c1ccccc1. The van der Waals surface area contributed by atoms with Gasteiger partial charge in [0.15, 0.2) is 0 Å². The van der Waals surface area contributed by atoms with E-state index >= 15 is 0 Å². The van der Waals surface area contributed by atoms with Crippen LogP contribution in [0.15, 0.2) is 59.1 Å². The summed E-state index contributed by atoms with van der Waals surface area (Å²) in [7, 11) is 0. The van der Waals surface area contributed by atoms with Gasteiger partial charge in [-0.1, -0.05) is 78.5 Å². The van der Waals surface area contributed by atoms with E-state index in [0.29, 0.717) is 5.56 Å². The highest BCUT2D eigenvalue weighted by Gasteiger charge is 2.12. The molecule has 0 aliphatic rings. The Labute approximate surface area is 146 Å². The number of halogens is 1. The van der Waals surface area contributed by atoms with Crippen molar-refractivity contribution in [3.63, 3.8) is 0 Å². The van der Waals surface area contributed by atoms with Gasteiger partial charge in [-0.15, -0.1) is 0 Å². The molecule has 122 valence electrons. The molecule has 2 N–H and O–H groups in total. The van der Waals surface area contributed by atoms with Gasteiger partial charge in [-0.25, -0.2) is 5.43 Å². The van der Waals surface area contributed by atoms with Gasteiger partial charge in [0.25, 0.3) is 5.91 Å². The fourth-order valence-corrected chi connectivity index (χ4v) is 2.86. The lowest BCUT2D eigenvalue weighted by Gasteiger charge is -2.20. The second kappa shape index (κ2) is 9.48. The first-order valence-corrected chi connectivity index (χ1v) is 8.86. The summed E-state index contributed by atoms with van der Waals surface area (Å²) >= 11 is 3.39. The molecule has 3 nitrogen and oxygen atoms in total. The van der Waals surface area contributed by atoms with Crippen LogP contribution in [0.5, 0.6) is 0 Å². The Morgan fingerprint density at radius 1 is 1.09 bits per heavy atom. The smallest absolute Gasteiger partial charge is 0.265 e. The zero-order valence-electron chi connectivity index (χ0n) is 13.4. The minimum Gasteiger partial charge on any atom is -0.287 e. The summed E-state index contributed by atoms with van der Waals surface area (Å²) in [5.74, 6) is -0.122. The van der Waals surface area contributed by atoms with Gasteiger partial charge in [0.2, 0.25) is 0 Å². The summed E-state index contributed by atoms with van der Waals surface area (Å²) in [5, 5.41) is 0. The van der Waals surface area contributed by atoms with Crippen molar-refractivity contribution in [2.75, 3.05) is 0 Å². The van der Waals surface area contributed by atoms with Crippen molar-refractivity contribution in [1.29, 1.82) is 0 Å². The molecule has 0 heterocycles. The first kappa shape index (κ1) is 17.7. The fraction of sp³-hybridized carbons (Fsp3) is 0.316. The van der Waals surface area contributed by atoms with Crippen LogP contribution in [-0.4, -0.2) is 5.91 Å². The van der Waals surface area contributed by atoms with Crippen LogP contribution in [0.1, 0.15) is 54.6 Å². The van der Waals surface area contributed by atoms with Crippen LogP contribution >= 0.6 is 15.9 Å². The van der Waals surface area contributed by atoms with Gasteiger partial charge < -0.3 is 0 Å². The van der Waals surface area contributed by atoms with Crippen molar-refractivity contribution < 1.29 is 4.79 Å². The molecule has 23 heavy (non-hydrogen) atoms. The van der Waals surface area contributed by atoms with Crippen molar-refractivity contribution in [3.8, 4) is 0 Å². The maximum Gasteiger partial charge on any atom is 0.265 e. The predicted octanol–water partition coefficient (Wildman–Crippen LogP) is 5.01. The molecule has 0 fully saturated rings. The largest absolute Gasteiger partial charge is 0.287 e. The molecule has 0 unspecified atom stereocenters. The van der Waals surface area contributed by atoms with Gasteiger partial charge >= 0.3 is 0 Å². The van der Waals surface area contributed by atoms with Crippen LogP contribution in [0, 0.1) is 0 Å². The van der Waals surface area contributed by atoms with Gasteiger partial charge in [0.1, 0.15) is 0 Å². The summed E-state index contributed by atoms with van der Waals surface area (Å²) in [6.45, 7) is 2.19. The highest BCUT2D eigenvalue weighted by Crippen LogP contribution is 2.19. The zero-order chi connectivity index (χ0) is 16.5. The Hall–Kier alpha value is -1.65. The molecule has 0 bridgehead atoms. The van der Waals surface area contributed by atoms with Crippen molar-refractivity contribution in [2.45, 2.75) is 38.6 Å². The van der Waals surface area contributed by atoms with E-state index in [0.717, 1.165) is 17.3 Å². The Morgan fingerprint density at radius 3 is 2.57 bits per heavy atom. The molecule has 0 aromatic heterocycles. The standard InChI is InChI=1S/C19H23BrN2O/c1-2-3-5-13-18(15-9-6-4-7-10-15)21-22-19(23)16-11-8-12-17(20)14-16/h4,6-12,14,18,21H,2-3,5,13H2,1H3,(H,22,23)/t18-/m1/s1. The summed E-state index contributed by atoms with van der Waals surface area (Å²) in [6, 6.07) is 17.7. The summed E-state index contributed by atoms with van der Waals surface area (Å²) in [4.78, 5) is 12.3. The van der Waals surface area contributed by atoms with Crippen LogP contribution in [0.4, 0.5) is 0 Å². The van der Waals surface area contributed by atoms with Gasteiger partial charge in [0, 0.05) is 10.0 Å². The first-order valence-electron chi connectivity index (χ1n) is 8.07. The van der Waals surface area contributed by atoms with Crippen LogP contribution in [0.2, 0.25) is 0 Å². The zero-order valence-corrected chi connectivity index (χ0v) is 15.0. The second-order valence-electron chi connectivity index (χ2n) is 5.57. The van der Waals surface area contributed by atoms with Gasteiger partial charge in [0.05, 0.1) is 6.04 Å². The minimum absolute atomic E-state index is 0.122. The lowest BCUT2D eigenvalue weighted by Crippen LogP contribution is -2.40. The highest BCUT2D eigenvalue weighted by molar-refractivity contribution is 9.10. The Bertz CT molecular complexity index is 616. The molecule has 1 amide bonds. The molecular formula is C19H23BrN2O. The Morgan fingerprint density at radius 2 is 1.87 bits per heavy atom. The molecule has 0 aliphatic carbocycles. The summed E-state index contributed by atoms with van der Waals surface area (Å²) in [6.07, 6.45) is 4.52. The van der Waals surface area contributed by atoms with E-state index in [1.807, 2.05) is 36.4 Å². The average molecular weight is 375 g/mol. The van der Waals surface area contributed by atoms with Crippen molar-refractivity contribution in [3.05, 3.63) is 70.2 Å². The maximum absolute atomic E-state index is 12.3. The Balaban J connectivity index is 1.98. The van der Waals surface area contributed by atoms with E-state index in [1.54, 1.807) is 6.07 Å². The monoisotopic (exact) mass is 374 g/mol. The number of hydrogen-bond donors (Lipinski definition) is 2. The average Bonchev–Trinajstić information content (AvgIpc) is 2.58. The molecule has 2 rings (SSSR count). The summed E-state index contributed by atoms with van der Waals surface area (Å²) < 4.78 is 0.896. The molecular weight excluding hydrogens is 352 g/mol. The van der Waals surface area contributed by atoms with Crippen LogP contribution in [0.25, 0.3) is 0 Å². The molecule has 0 aliphatic heterocycles. The predicted molar refractivity (Wildman–Crippen MR) is 98.1 cm³/mol. The van der Waals surface area contributed by atoms with E-state index in [2.05, 4.69) is 45.8 Å². The van der Waals surface area contributed by atoms with Crippen molar-refractivity contribution >= 4 is 21.8 Å². The molecule has 0 spiro atoms. The van der Waals surface area contributed by atoms with E-state index in [9.17, 15) is 4.79 Å². The molecule has 1 atom stereocenters. The van der Waals surface area contributed by atoms with Crippen LogP contribution in [0.3, 0.4) is 0 Å². The number of nitrogens with one attached hydrogen (secondary N) is 2. The molecule has 0 saturated heterocycles. The number of rotatable bonds is 8. The number of hydrogen-bond acceptors (Lipinski definition) is 2. The highest BCUT2D eigenvalue weighted by atomic mass is 79.9. The lowest BCUT2D eigenvalue weighted by molar-refractivity contribution is 0.0923. The third-order valence-electron chi connectivity index (χ3n) is 3.75. The van der Waals surface area contributed by atoms with E-state index in [1.165, 1.54) is 18.4 Å². The van der Waals surface area contributed by atoms with Crippen molar-refractivity contribution in [2.24, 2.45) is 0 Å². The normalized spacial score (nSPS) is 11.9. The van der Waals surface area contributed by atoms with Gasteiger partial charge in [-0.3, -0.25) is 10.2 Å². The van der Waals surface area contributed by atoms with E-state index < -0.39 is 0 Å². The van der Waals surface area contributed by atoms with Crippen LogP contribution in [-0.2, 0) is 0 Å². The van der Waals surface area contributed by atoms with E-state index in [-0.39, 0.29) is 11.9 Å². The maximum atomic E-state index is 12.3. The molecule has 4 heteroatoms. The minimum atomic E-state index is -0.122. The van der Waals surface area contributed by atoms with Crippen LogP contribution < -0.4 is 10.9 Å². The molecule has 0 saturated carbocycles. The molecule has 2 aromatic rings. The lowest BCUT2D eigenvalue weighted by atomic mass is 10.0.